The van der Waals surface area contributed by atoms with Crippen molar-refractivity contribution in [3.63, 3.8) is 0 Å². The van der Waals surface area contributed by atoms with Crippen LogP contribution in [0.5, 0.6) is 0 Å². The summed E-state index contributed by atoms with van der Waals surface area (Å²) in [5.41, 5.74) is 5.57. The Bertz CT molecular complexity index is 442. The summed E-state index contributed by atoms with van der Waals surface area (Å²) in [6.07, 6.45) is 9.40. The van der Waals surface area contributed by atoms with E-state index in [4.69, 9.17) is 6.42 Å². The number of hydrogen-bond acceptors (Lipinski definition) is 0. The number of allylic oxidation sites excluding steroid dienone is 1. The molecule has 2 rings (SSSR count). The van der Waals surface area contributed by atoms with Gasteiger partial charge in [-0.3, -0.25) is 0 Å². The summed E-state index contributed by atoms with van der Waals surface area (Å²) < 4.78 is 0. The summed E-state index contributed by atoms with van der Waals surface area (Å²) in [6, 6.07) is 6.77. The minimum absolute atomic E-state index is 0.598. The smallest absolute Gasteiger partial charge is 0.0303 e. The molecule has 1 aromatic rings. The van der Waals surface area contributed by atoms with Crippen LogP contribution in [0.15, 0.2) is 23.8 Å². The van der Waals surface area contributed by atoms with E-state index in [1.807, 2.05) is 0 Å². The van der Waals surface area contributed by atoms with E-state index in [-0.39, 0.29) is 0 Å². The molecule has 0 saturated carbocycles. The molecule has 0 unspecified atom stereocenters. The van der Waals surface area contributed by atoms with Gasteiger partial charge in [-0.1, -0.05) is 43.7 Å². The molecule has 1 aromatic carbocycles. The molecular formula is C15H16. The first-order valence-corrected chi connectivity index (χ1v) is 5.46. The third kappa shape index (κ3) is 1.97. The monoisotopic (exact) mass is 196 g/mol. The second kappa shape index (κ2) is 3.95. The number of fused-ring (bicyclic) bond motifs is 1. The van der Waals surface area contributed by atoms with E-state index >= 15 is 0 Å². The first-order chi connectivity index (χ1) is 7.20. The van der Waals surface area contributed by atoms with E-state index in [1.165, 1.54) is 22.3 Å². The summed E-state index contributed by atoms with van der Waals surface area (Å²) >= 11 is 0. The van der Waals surface area contributed by atoms with Gasteiger partial charge in [0.1, 0.15) is 0 Å². The van der Waals surface area contributed by atoms with Gasteiger partial charge in [-0.25, -0.2) is 0 Å². The molecule has 0 saturated heterocycles. The molecule has 0 amide bonds. The van der Waals surface area contributed by atoms with Crippen molar-refractivity contribution in [2.45, 2.75) is 32.6 Å². The van der Waals surface area contributed by atoms with E-state index in [1.54, 1.807) is 0 Å². The van der Waals surface area contributed by atoms with E-state index < -0.39 is 0 Å². The Hall–Kier alpha value is -1.48. The Morgan fingerprint density at radius 1 is 1.40 bits per heavy atom. The van der Waals surface area contributed by atoms with Crippen molar-refractivity contribution in [1.82, 2.24) is 0 Å². The van der Waals surface area contributed by atoms with Crippen molar-refractivity contribution >= 4 is 6.08 Å². The van der Waals surface area contributed by atoms with Crippen molar-refractivity contribution in [2.24, 2.45) is 0 Å². The third-order valence-electron chi connectivity index (χ3n) is 2.94. The van der Waals surface area contributed by atoms with E-state index in [0.29, 0.717) is 5.92 Å². The standard InChI is InChI=1S/C15H16/c1-4-5-12-8-14-7-6-13(11(2)3)10-15(14)9-12/h1,6-7,9-11H,5,8H2,2-3H3. The highest BCUT2D eigenvalue weighted by Gasteiger charge is 2.12. The van der Waals surface area contributed by atoms with Crippen molar-refractivity contribution in [1.29, 1.82) is 0 Å². The fourth-order valence-corrected chi connectivity index (χ4v) is 2.03. The van der Waals surface area contributed by atoms with Crippen LogP contribution >= 0.6 is 0 Å². The van der Waals surface area contributed by atoms with Crippen LogP contribution in [0.2, 0.25) is 0 Å². The SMILES string of the molecule is C#CCC1=Cc2cc(C(C)C)ccc2C1. The normalized spacial score (nSPS) is 13.6. The van der Waals surface area contributed by atoms with Crippen LogP contribution in [0.4, 0.5) is 0 Å². The predicted octanol–water partition coefficient (Wildman–Crippen LogP) is 3.77. The van der Waals surface area contributed by atoms with Crippen LogP contribution in [-0.4, -0.2) is 0 Å². The Kier molecular flexibility index (Phi) is 2.64. The maximum absolute atomic E-state index is 5.33. The fourth-order valence-electron chi connectivity index (χ4n) is 2.03. The lowest BCUT2D eigenvalue weighted by atomic mass is 9.98. The van der Waals surface area contributed by atoms with Crippen molar-refractivity contribution in [3.8, 4) is 12.3 Å². The maximum Gasteiger partial charge on any atom is 0.0303 e. The van der Waals surface area contributed by atoms with Gasteiger partial charge < -0.3 is 0 Å². The zero-order chi connectivity index (χ0) is 10.8. The Balaban J connectivity index is 2.31. The Labute approximate surface area is 92.0 Å². The van der Waals surface area contributed by atoms with Crippen LogP contribution in [0.3, 0.4) is 0 Å². The van der Waals surface area contributed by atoms with Crippen LogP contribution in [0, 0.1) is 12.3 Å². The Morgan fingerprint density at radius 3 is 2.87 bits per heavy atom. The van der Waals surface area contributed by atoms with Gasteiger partial charge in [0.05, 0.1) is 0 Å². The van der Waals surface area contributed by atoms with E-state index in [0.717, 1.165) is 12.8 Å². The molecule has 0 radical (unpaired) electrons. The van der Waals surface area contributed by atoms with Gasteiger partial charge in [-0.2, -0.15) is 0 Å². The average Bonchev–Trinajstić information content (AvgIpc) is 2.59. The predicted molar refractivity (Wildman–Crippen MR) is 65.7 cm³/mol. The number of terminal acetylenes is 1. The van der Waals surface area contributed by atoms with Gasteiger partial charge in [-0.15, -0.1) is 12.3 Å². The molecule has 0 spiro atoms. The molecule has 0 atom stereocenters. The lowest BCUT2D eigenvalue weighted by Gasteiger charge is -2.07. The van der Waals surface area contributed by atoms with Gasteiger partial charge in [0.25, 0.3) is 0 Å². The van der Waals surface area contributed by atoms with E-state index in [9.17, 15) is 0 Å². The fraction of sp³-hybridized carbons (Fsp3) is 0.333. The first kappa shape index (κ1) is 10.1. The molecule has 0 fully saturated rings. The topological polar surface area (TPSA) is 0 Å². The molecule has 0 nitrogen and oxygen atoms in total. The zero-order valence-electron chi connectivity index (χ0n) is 9.38. The quantitative estimate of drug-likeness (QED) is 0.631. The molecule has 0 N–H and O–H groups in total. The van der Waals surface area contributed by atoms with Crippen molar-refractivity contribution in [2.75, 3.05) is 0 Å². The molecule has 1 aliphatic carbocycles. The third-order valence-corrected chi connectivity index (χ3v) is 2.94. The van der Waals surface area contributed by atoms with Gasteiger partial charge in [0.15, 0.2) is 0 Å². The molecule has 0 heterocycles. The molecule has 0 heteroatoms. The van der Waals surface area contributed by atoms with Crippen LogP contribution in [-0.2, 0) is 6.42 Å². The van der Waals surface area contributed by atoms with Crippen LogP contribution in [0.1, 0.15) is 42.9 Å². The van der Waals surface area contributed by atoms with Crippen molar-refractivity contribution in [3.05, 3.63) is 40.5 Å². The summed E-state index contributed by atoms with van der Waals surface area (Å²) in [4.78, 5) is 0. The zero-order valence-corrected chi connectivity index (χ0v) is 9.38. The second-order valence-electron chi connectivity index (χ2n) is 4.47. The van der Waals surface area contributed by atoms with Gasteiger partial charge >= 0.3 is 0 Å². The van der Waals surface area contributed by atoms with Crippen LogP contribution in [0.25, 0.3) is 6.08 Å². The molecular weight excluding hydrogens is 180 g/mol. The first-order valence-electron chi connectivity index (χ1n) is 5.46. The molecule has 1 aliphatic rings. The number of benzene rings is 1. The highest BCUT2D eigenvalue weighted by atomic mass is 14.2. The van der Waals surface area contributed by atoms with Gasteiger partial charge in [0, 0.05) is 6.42 Å². The Morgan fingerprint density at radius 2 is 2.20 bits per heavy atom. The number of hydrogen-bond donors (Lipinski definition) is 0. The highest BCUT2D eigenvalue weighted by Crippen LogP contribution is 2.29. The summed E-state index contributed by atoms with van der Waals surface area (Å²) in [5.74, 6) is 3.31. The largest absolute Gasteiger partial charge is 0.120 e. The summed E-state index contributed by atoms with van der Waals surface area (Å²) in [6.45, 7) is 4.45. The highest BCUT2D eigenvalue weighted by molar-refractivity contribution is 5.65. The minimum Gasteiger partial charge on any atom is -0.120 e. The van der Waals surface area contributed by atoms with Gasteiger partial charge in [-0.05, 0) is 29.0 Å². The van der Waals surface area contributed by atoms with Crippen molar-refractivity contribution < 1.29 is 0 Å². The average molecular weight is 196 g/mol. The molecule has 0 aliphatic heterocycles. The molecule has 0 aromatic heterocycles. The molecule has 15 heavy (non-hydrogen) atoms. The maximum atomic E-state index is 5.33. The summed E-state index contributed by atoms with van der Waals surface area (Å²) in [7, 11) is 0. The molecule has 0 bridgehead atoms. The lowest BCUT2D eigenvalue weighted by molar-refractivity contribution is 0.865. The van der Waals surface area contributed by atoms with Gasteiger partial charge in [0.2, 0.25) is 0 Å². The minimum atomic E-state index is 0.598. The lowest BCUT2D eigenvalue weighted by Crippen LogP contribution is -1.90. The summed E-state index contributed by atoms with van der Waals surface area (Å²) in [5, 5.41) is 0. The molecule has 76 valence electrons. The van der Waals surface area contributed by atoms with Crippen LogP contribution < -0.4 is 0 Å². The van der Waals surface area contributed by atoms with E-state index in [2.05, 4.69) is 44.0 Å². The number of rotatable bonds is 2. The second-order valence-corrected chi connectivity index (χ2v) is 4.47.